The van der Waals surface area contributed by atoms with Crippen molar-refractivity contribution in [2.45, 2.75) is 18.9 Å². The highest BCUT2D eigenvalue weighted by Gasteiger charge is 2.23. The zero-order chi connectivity index (χ0) is 25.6. The maximum atomic E-state index is 13.1. The number of fused-ring (bicyclic) bond motifs is 1. The van der Waals surface area contributed by atoms with Gasteiger partial charge in [-0.25, -0.2) is 0 Å². The summed E-state index contributed by atoms with van der Waals surface area (Å²) in [5, 5.41) is 15.1. The molecule has 0 saturated carbocycles. The van der Waals surface area contributed by atoms with Gasteiger partial charge in [0.25, 0.3) is 5.69 Å². The topological polar surface area (TPSA) is 110 Å². The number of rotatable bonds is 9. The van der Waals surface area contributed by atoms with E-state index in [9.17, 15) is 14.9 Å². The van der Waals surface area contributed by atoms with Gasteiger partial charge < -0.3 is 15.0 Å². The third-order valence-electron chi connectivity index (χ3n) is 6.15. The first-order valence-electron chi connectivity index (χ1n) is 11.8. The smallest absolute Gasteiger partial charge is 0.270 e. The van der Waals surface area contributed by atoms with Gasteiger partial charge in [0.15, 0.2) is 0 Å². The third kappa shape index (κ3) is 5.65. The van der Waals surface area contributed by atoms with Gasteiger partial charge in [-0.2, -0.15) is 0 Å². The van der Waals surface area contributed by atoms with E-state index in [0.29, 0.717) is 23.4 Å². The molecule has 0 aliphatic carbocycles. The van der Waals surface area contributed by atoms with Crippen molar-refractivity contribution in [2.75, 3.05) is 0 Å². The lowest BCUT2D eigenvalue weighted by Crippen LogP contribution is -2.25. The Bertz CT molecular complexity index is 1530. The first-order valence-corrected chi connectivity index (χ1v) is 11.8. The summed E-state index contributed by atoms with van der Waals surface area (Å²) in [6, 6.07) is 25.4. The van der Waals surface area contributed by atoms with Crippen LogP contribution in [0.4, 0.5) is 5.69 Å². The molecule has 0 radical (unpaired) electrons. The molecule has 5 aromatic rings. The second kappa shape index (κ2) is 10.7. The van der Waals surface area contributed by atoms with Gasteiger partial charge >= 0.3 is 0 Å². The SMILES string of the molecule is O=C(CC(c1cccc(Oc2ccccc2)c1)c1c[nH]c2ccc([N+](=O)[O-])cc12)NCc1ccncc1. The summed E-state index contributed by atoms with van der Waals surface area (Å²) >= 11 is 0. The Morgan fingerprint density at radius 2 is 1.76 bits per heavy atom. The molecule has 1 atom stereocenters. The maximum Gasteiger partial charge on any atom is 0.270 e. The lowest BCUT2D eigenvalue weighted by Gasteiger charge is -2.18. The predicted octanol–water partition coefficient (Wildman–Crippen LogP) is 6.10. The molecular formula is C29H24N4O4. The minimum absolute atomic E-state index is 0.00426. The fraction of sp³-hybridized carbons (Fsp3) is 0.103. The number of nitro groups is 1. The Morgan fingerprint density at radius 3 is 2.54 bits per heavy atom. The number of nitrogens with zero attached hydrogens (tertiary/aromatic N) is 2. The van der Waals surface area contributed by atoms with Crippen molar-refractivity contribution in [2.24, 2.45) is 0 Å². The van der Waals surface area contributed by atoms with Crippen LogP contribution in [-0.4, -0.2) is 20.8 Å². The van der Waals surface area contributed by atoms with Gasteiger partial charge in [-0.3, -0.25) is 19.9 Å². The molecule has 0 fully saturated rings. The summed E-state index contributed by atoms with van der Waals surface area (Å²) in [5.74, 6) is 0.828. The van der Waals surface area contributed by atoms with Crippen LogP contribution >= 0.6 is 0 Å². The van der Waals surface area contributed by atoms with E-state index in [1.807, 2.05) is 72.9 Å². The highest BCUT2D eigenvalue weighted by atomic mass is 16.6. The molecule has 8 heteroatoms. The predicted molar refractivity (Wildman–Crippen MR) is 140 cm³/mol. The van der Waals surface area contributed by atoms with E-state index in [4.69, 9.17) is 4.74 Å². The van der Waals surface area contributed by atoms with Crippen LogP contribution in [0.2, 0.25) is 0 Å². The summed E-state index contributed by atoms with van der Waals surface area (Å²) < 4.78 is 6.03. The molecule has 0 spiro atoms. The molecule has 0 aliphatic rings. The van der Waals surface area contributed by atoms with E-state index in [1.54, 1.807) is 24.5 Å². The first kappa shape index (κ1) is 23.7. The second-order valence-electron chi connectivity index (χ2n) is 8.61. The molecule has 2 heterocycles. The Balaban J connectivity index is 1.48. The molecule has 3 aromatic carbocycles. The number of ether oxygens (including phenoxy) is 1. The number of nitro benzene ring substituents is 1. The number of benzene rings is 3. The van der Waals surface area contributed by atoms with Crippen LogP contribution in [0.25, 0.3) is 10.9 Å². The van der Waals surface area contributed by atoms with Gasteiger partial charge in [0.2, 0.25) is 5.91 Å². The minimum Gasteiger partial charge on any atom is -0.457 e. The van der Waals surface area contributed by atoms with Crippen molar-refractivity contribution in [1.29, 1.82) is 0 Å². The van der Waals surface area contributed by atoms with Gasteiger partial charge in [0.1, 0.15) is 11.5 Å². The third-order valence-corrected chi connectivity index (χ3v) is 6.15. The molecule has 8 nitrogen and oxygen atoms in total. The van der Waals surface area contributed by atoms with Crippen LogP contribution in [0.5, 0.6) is 11.5 Å². The number of non-ortho nitro benzene ring substituents is 1. The summed E-state index contributed by atoms with van der Waals surface area (Å²) in [4.78, 5) is 31.3. The van der Waals surface area contributed by atoms with Crippen molar-refractivity contribution >= 4 is 22.5 Å². The van der Waals surface area contributed by atoms with E-state index in [2.05, 4.69) is 15.3 Å². The number of pyridine rings is 1. The zero-order valence-electron chi connectivity index (χ0n) is 19.8. The van der Waals surface area contributed by atoms with Crippen LogP contribution in [0, 0.1) is 10.1 Å². The summed E-state index contributed by atoms with van der Waals surface area (Å²) in [7, 11) is 0. The van der Waals surface area contributed by atoms with Crippen LogP contribution in [0.15, 0.2) is 104 Å². The molecule has 0 bridgehead atoms. The molecule has 1 unspecified atom stereocenters. The quantitative estimate of drug-likeness (QED) is 0.191. The van der Waals surface area contributed by atoms with Crippen molar-refractivity contribution in [3.05, 3.63) is 130 Å². The molecule has 184 valence electrons. The highest BCUT2D eigenvalue weighted by molar-refractivity contribution is 5.87. The summed E-state index contributed by atoms with van der Waals surface area (Å²) in [5.41, 5.74) is 3.37. The molecule has 5 rings (SSSR count). The van der Waals surface area contributed by atoms with Gasteiger partial charge in [-0.1, -0.05) is 30.3 Å². The number of carbonyl (C=O) groups excluding carboxylic acids is 1. The molecule has 0 saturated heterocycles. The standard InChI is InChI=1S/C29H24N4O4/c34-29(32-18-20-11-13-30-14-12-20)17-25(27-19-31-28-10-9-22(33(35)36)16-26(27)28)21-5-4-8-24(15-21)37-23-6-2-1-3-7-23/h1-16,19,25,31H,17-18H2,(H,32,34). The van der Waals surface area contributed by atoms with Gasteiger partial charge in [-0.15, -0.1) is 0 Å². The van der Waals surface area contributed by atoms with Crippen LogP contribution < -0.4 is 10.1 Å². The minimum atomic E-state index is -0.416. The Labute approximate surface area is 213 Å². The lowest BCUT2D eigenvalue weighted by molar-refractivity contribution is -0.384. The van der Waals surface area contributed by atoms with Gasteiger partial charge in [-0.05, 0) is 59.2 Å². The van der Waals surface area contributed by atoms with Crippen molar-refractivity contribution in [3.63, 3.8) is 0 Å². The number of H-pyrrole nitrogens is 1. The van der Waals surface area contributed by atoms with Crippen LogP contribution in [-0.2, 0) is 11.3 Å². The number of nitrogens with one attached hydrogen (secondary N) is 2. The normalized spacial score (nSPS) is 11.7. The molecule has 2 aromatic heterocycles. The lowest BCUT2D eigenvalue weighted by atomic mass is 9.87. The van der Waals surface area contributed by atoms with E-state index in [-0.39, 0.29) is 23.9 Å². The van der Waals surface area contributed by atoms with E-state index in [0.717, 1.165) is 22.2 Å². The van der Waals surface area contributed by atoms with E-state index in [1.165, 1.54) is 6.07 Å². The monoisotopic (exact) mass is 492 g/mol. The zero-order valence-corrected chi connectivity index (χ0v) is 19.8. The van der Waals surface area contributed by atoms with Crippen molar-refractivity contribution in [3.8, 4) is 11.5 Å². The Kier molecular flexibility index (Phi) is 6.89. The number of hydrogen-bond donors (Lipinski definition) is 2. The molecule has 2 N–H and O–H groups in total. The van der Waals surface area contributed by atoms with Crippen LogP contribution in [0.3, 0.4) is 0 Å². The average molecular weight is 493 g/mol. The van der Waals surface area contributed by atoms with Crippen molar-refractivity contribution < 1.29 is 14.5 Å². The average Bonchev–Trinajstić information content (AvgIpc) is 3.35. The molecule has 37 heavy (non-hydrogen) atoms. The van der Waals surface area contributed by atoms with Crippen LogP contribution in [0.1, 0.15) is 29.0 Å². The fourth-order valence-corrected chi connectivity index (χ4v) is 4.32. The highest BCUT2D eigenvalue weighted by Crippen LogP contribution is 2.36. The number of amides is 1. The van der Waals surface area contributed by atoms with Crippen molar-refractivity contribution in [1.82, 2.24) is 15.3 Å². The number of hydrogen-bond acceptors (Lipinski definition) is 5. The molecule has 1 amide bonds. The first-order chi connectivity index (χ1) is 18.1. The van der Waals surface area contributed by atoms with Gasteiger partial charge in [0.05, 0.1) is 4.92 Å². The van der Waals surface area contributed by atoms with Gasteiger partial charge in [0, 0.05) is 60.5 Å². The second-order valence-corrected chi connectivity index (χ2v) is 8.61. The maximum absolute atomic E-state index is 13.1. The molecule has 0 aliphatic heterocycles. The largest absolute Gasteiger partial charge is 0.457 e. The molecular weight excluding hydrogens is 468 g/mol. The summed E-state index contributed by atoms with van der Waals surface area (Å²) in [6.45, 7) is 0.380. The number of carbonyl (C=O) groups is 1. The fourth-order valence-electron chi connectivity index (χ4n) is 4.32. The van der Waals surface area contributed by atoms with E-state index >= 15 is 0 Å². The Hall–Kier alpha value is -4.98. The number of aromatic amines is 1. The Morgan fingerprint density at radius 1 is 0.973 bits per heavy atom. The number of aromatic nitrogens is 2. The van der Waals surface area contributed by atoms with E-state index < -0.39 is 4.92 Å². The summed E-state index contributed by atoms with van der Waals surface area (Å²) in [6.07, 6.45) is 5.33. The number of para-hydroxylation sites is 1.